The molecule has 1 saturated heterocycles. The summed E-state index contributed by atoms with van der Waals surface area (Å²) in [4.78, 5) is 2.53. The summed E-state index contributed by atoms with van der Waals surface area (Å²) < 4.78 is 0. The largest absolute Gasteiger partial charge is 0.308 e. The van der Waals surface area contributed by atoms with Crippen LogP contribution in [0.15, 0.2) is 30.3 Å². The lowest BCUT2D eigenvalue weighted by atomic mass is 10.2. The summed E-state index contributed by atoms with van der Waals surface area (Å²) >= 11 is 0. The van der Waals surface area contributed by atoms with Crippen LogP contribution >= 0.6 is 0 Å². The number of rotatable bonds is 5. The maximum absolute atomic E-state index is 4.26. The van der Waals surface area contributed by atoms with Gasteiger partial charge in [-0.05, 0) is 25.8 Å². The van der Waals surface area contributed by atoms with Crippen molar-refractivity contribution in [2.75, 3.05) is 13.1 Å². The second-order valence-electron chi connectivity index (χ2n) is 6.00. The van der Waals surface area contributed by atoms with Crippen molar-refractivity contribution >= 4 is 0 Å². The number of aromatic nitrogens is 2. The molecule has 0 bridgehead atoms. The minimum atomic E-state index is 0.586. The van der Waals surface area contributed by atoms with E-state index in [-0.39, 0.29) is 0 Å². The Balaban J connectivity index is 1.49. The summed E-state index contributed by atoms with van der Waals surface area (Å²) in [5, 5.41) is 11.0. The quantitative estimate of drug-likeness (QED) is 0.886. The van der Waals surface area contributed by atoms with Crippen molar-refractivity contribution in [1.82, 2.24) is 20.4 Å². The highest BCUT2D eigenvalue weighted by Gasteiger charge is 2.22. The van der Waals surface area contributed by atoms with Crippen molar-refractivity contribution in [3.05, 3.63) is 52.8 Å². The van der Waals surface area contributed by atoms with Crippen LogP contribution in [0.2, 0.25) is 0 Å². The second kappa shape index (κ2) is 6.41. The van der Waals surface area contributed by atoms with Crippen molar-refractivity contribution in [2.45, 2.75) is 39.4 Å². The first-order chi connectivity index (χ1) is 10.2. The number of aromatic amines is 1. The molecule has 1 aliphatic heterocycles. The first kappa shape index (κ1) is 14.3. The maximum Gasteiger partial charge on any atom is 0.0638 e. The van der Waals surface area contributed by atoms with Crippen LogP contribution in [0.1, 0.15) is 28.9 Å². The van der Waals surface area contributed by atoms with E-state index in [4.69, 9.17) is 0 Å². The van der Waals surface area contributed by atoms with Gasteiger partial charge in [0.2, 0.25) is 0 Å². The lowest BCUT2D eigenvalue weighted by Gasteiger charge is -2.17. The fraction of sp³-hybridized carbons (Fsp3) is 0.471. The monoisotopic (exact) mass is 284 g/mol. The van der Waals surface area contributed by atoms with Crippen molar-refractivity contribution in [1.29, 1.82) is 0 Å². The number of hydrogen-bond acceptors (Lipinski definition) is 3. The van der Waals surface area contributed by atoms with Gasteiger partial charge in [-0.1, -0.05) is 30.3 Å². The van der Waals surface area contributed by atoms with Gasteiger partial charge >= 0.3 is 0 Å². The molecule has 0 saturated carbocycles. The molecule has 1 aliphatic rings. The van der Waals surface area contributed by atoms with Gasteiger partial charge in [-0.25, -0.2) is 0 Å². The smallest absolute Gasteiger partial charge is 0.0638 e. The van der Waals surface area contributed by atoms with Crippen LogP contribution < -0.4 is 5.32 Å². The maximum atomic E-state index is 4.26. The standard InChI is InChI=1S/C17H24N4/c1-13-17(14(2)20-19-13)10-18-16-8-9-21(12-16)11-15-6-4-3-5-7-15/h3-7,16,18H,8-12H2,1-2H3,(H,19,20)/t16-/m1/s1. The molecule has 4 nitrogen and oxygen atoms in total. The SMILES string of the molecule is Cc1n[nH]c(C)c1CN[C@@H]1CCN(Cc2ccccc2)C1. The number of H-pyrrole nitrogens is 1. The predicted molar refractivity (Wildman–Crippen MR) is 85.0 cm³/mol. The third-order valence-electron chi connectivity index (χ3n) is 4.37. The zero-order valence-corrected chi connectivity index (χ0v) is 12.9. The molecule has 1 fully saturated rings. The van der Waals surface area contributed by atoms with Gasteiger partial charge in [-0.3, -0.25) is 10.00 Å². The molecule has 1 aromatic heterocycles. The summed E-state index contributed by atoms with van der Waals surface area (Å²) in [6, 6.07) is 11.3. The number of likely N-dealkylation sites (tertiary alicyclic amines) is 1. The Bertz CT molecular complexity index is 556. The molecule has 0 aliphatic carbocycles. The first-order valence-corrected chi connectivity index (χ1v) is 7.72. The lowest BCUT2D eigenvalue weighted by Crippen LogP contribution is -2.32. The van der Waals surface area contributed by atoms with E-state index >= 15 is 0 Å². The highest BCUT2D eigenvalue weighted by Crippen LogP contribution is 2.15. The molecule has 2 heterocycles. The Morgan fingerprint density at radius 1 is 1.29 bits per heavy atom. The van der Waals surface area contributed by atoms with Gasteiger partial charge in [0.25, 0.3) is 0 Å². The van der Waals surface area contributed by atoms with Crippen LogP contribution in [0.4, 0.5) is 0 Å². The van der Waals surface area contributed by atoms with E-state index < -0.39 is 0 Å². The van der Waals surface area contributed by atoms with E-state index in [1.807, 2.05) is 0 Å². The number of benzene rings is 1. The van der Waals surface area contributed by atoms with Crippen LogP contribution in [0.3, 0.4) is 0 Å². The van der Waals surface area contributed by atoms with Crippen LogP contribution in [-0.4, -0.2) is 34.2 Å². The molecular weight excluding hydrogens is 260 g/mol. The third kappa shape index (κ3) is 3.52. The molecule has 4 heteroatoms. The van der Waals surface area contributed by atoms with Gasteiger partial charge in [0, 0.05) is 43.5 Å². The average molecular weight is 284 g/mol. The molecule has 0 amide bonds. The summed E-state index contributed by atoms with van der Waals surface area (Å²) in [7, 11) is 0. The van der Waals surface area contributed by atoms with Crippen molar-refractivity contribution in [3.8, 4) is 0 Å². The van der Waals surface area contributed by atoms with Crippen LogP contribution in [0, 0.1) is 13.8 Å². The number of nitrogens with one attached hydrogen (secondary N) is 2. The first-order valence-electron chi connectivity index (χ1n) is 7.72. The Morgan fingerprint density at radius 2 is 2.10 bits per heavy atom. The van der Waals surface area contributed by atoms with Gasteiger partial charge in [0.15, 0.2) is 0 Å². The van der Waals surface area contributed by atoms with Crippen molar-refractivity contribution in [2.24, 2.45) is 0 Å². The Labute approximate surface area is 126 Å². The molecule has 3 rings (SSSR count). The summed E-state index contributed by atoms with van der Waals surface area (Å²) in [5.41, 5.74) is 5.01. The topological polar surface area (TPSA) is 44.0 Å². The minimum absolute atomic E-state index is 0.586. The zero-order chi connectivity index (χ0) is 14.7. The van der Waals surface area contributed by atoms with E-state index in [0.29, 0.717) is 6.04 Å². The van der Waals surface area contributed by atoms with Gasteiger partial charge in [-0.2, -0.15) is 5.10 Å². The molecule has 1 aromatic carbocycles. The second-order valence-corrected chi connectivity index (χ2v) is 6.00. The molecule has 2 aromatic rings. The van der Waals surface area contributed by atoms with Crippen molar-refractivity contribution in [3.63, 3.8) is 0 Å². The highest BCUT2D eigenvalue weighted by atomic mass is 15.2. The summed E-state index contributed by atoms with van der Waals surface area (Å²) in [5.74, 6) is 0. The van der Waals surface area contributed by atoms with Crippen molar-refractivity contribution < 1.29 is 0 Å². The van der Waals surface area contributed by atoms with Crippen LogP contribution in [0.25, 0.3) is 0 Å². The highest BCUT2D eigenvalue weighted by molar-refractivity contribution is 5.23. The zero-order valence-electron chi connectivity index (χ0n) is 12.9. The summed E-state index contributed by atoms with van der Waals surface area (Å²) in [6.45, 7) is 8.44. The molecule has 0 spiro atoms. The average Bonchev–Trinajstić information content (AvgIpc) is 3.06. The van der Waals surface area contributed by atoms with E-state index in [9.17, 15) is 0 Å². The van der Waals surface area contributed by atoms with Gasteiger partial charge in [-0.15, -0.1) is 0 Å². The Morgan fingerprint density at radius 3 is 2.81 bits per heavy atom. The fourth-order valence-electron chi connectivity index (χ4n) is 3.07. The molecule has 2 N–H and O–H groups in total. The van der Waals surface area contributed by atoms with E-state index in [1.165, 1.54) is 29.8 Å². The normalized spacial score (nSPS) is 19.2. The molecule has 0 radical (unpaired) electrons. The fourth-order valence-corrected chi connectivity index (χ4v) is 3.07. The van der Waals surface area contributed by atoms with Gasteiger partial charge in [0.1, 0.15) is 0 Å². The molecule has 112 valence electrons. The Hall–Kier alpha value is -1.65. The van der Waals surface area contributed by atoms with E-state index in [2.05, 4.69) is 64.6 Å². The number of aryl methyl sites for hydroxylation is 2. The lowest BCUT2D eigenvalue weighted by molar-refractivity contribution is 0.320. The molecular formula is C17H24N4. The summed E-state index contributed by atoms with van der Waals surface area (Å²) in [6.07, 6.45) is 1.22. The van der Waals surface area contributed by atoms with E-state index in [0.717, 1.165) is 25.3 Å². The third-order valence-corrected chi connectivity index (χ3v) is 4.37. The van der Waals surface area contributed by atoms with Crippen LogP contribution in [-0.2, 0) is 13.1 Å². The molecule has 0 unspecified atom stereocenters. The number of hydrogen-bond donors (Lipinski definition) is 2. The van der Waals surface area contributed by atoms with Gasteiger partial charge in [0.05, 0.1) is 5.69 Å². The van der Waals surface area contributed by atoms with Gasteiger partial charge < -0.3 is 5.32 Å². The minimum Gasteiger partial charge on any atom is -0.308 e. The predicted octanol–water partition coefficient (Wildman–Crippen LogP) is 2.39. The molecule has 1 atom stereocenters. The van der Waals surface area contributed by atoms with Crippen LogP contribution in [0.5, 0.6) is 0 Å². The molecule has 21 heavy (non-hydrogen) atoms. The number of nitrogens with zero attached hydrogens (tertiary/aromatic N) is 2. The Kier molecular flexibility index (Phi) is 4.36. The van der Waals surface area contributed by atoms with E-state index in [1.54, 1.807) is 0 Å².